The summed E-state index contributed by atoms with van der Waals surface area (Å²) < 4.78 is 10.1. The minimum Gasteiger partial charge on any atom is -0.444 e. The maximum Gasteiger partial charge on any atom is 0.407 e. The van der Waals surface area contributed by atoms with Crippen LogP contribution in [0.2, 0.25) is 0 Å². The van der Waals surface area contributed by atoms with Crippen LogP contribution in [0.15, 0.2) is 24.3 Å². The smallest absolute Gasteiger partial charge is 0.407 e. The van der Waals surface area contributed by atoms with Crippen molar-refractivity contribution in [3.05, 3.63) is 29.8 Å². The quantitative estimate of drug-likeness (QED) is 0.787. The monoisotopic (exact) mass is 280 g/mol. The van der Waals surface area contributed by atoms with Crippen molar-refractivity contribution in [1.82, 2.24) is 5.32 Å². The van der Waals surface area contributed by atoms with Crippen molar-refractivity contribution < 1.29 is 14.3 Å². The minimum atomic E-state index is -0.473. The van der Waals surface area contributed by atoms with E-state index in [1.165, 1.54) is 0 Å². The second-order valence-electron chi connectivity index (χ2n) is 5.47. The van der Waals surface area contributed by atoms with Gasteiger partial charge in [0.25, 0.3) is 0 Å². The molecule has 0 heterocycles. The molecule has 1 rings (SSSR count). The Bertz CT molecular complexity index is 410. The van der Waals surface area contributed by atoms with E-state index in [1.54, 1.807) is 7.11 Å². The molecule has 0 bridgehead atoms. The molecule has 0 spiro atoms. The van der Waals surface area contributed by atoms with E-state index >= 15 is 0 Å². The fourth-order valence-electron chi connectivity index (χ4n) is 1.53. The highest BCUT2D eigenvalue weighted by Gasteiger charge is 2.15. The number of carbonyl (C=O) groups excluding carboxylic acids is 1. The van der Waals surface area contributed by atoms with Crippen LogP contribution in [0.5, 0.6) is 0 Å². The van der Waals surface area contributed by atoms with E-state index in [4.69, 9.17) is 9.47 Å². The summed E-state index contributed by atoms with van der Waals surface area (Å²) in [7, 11) is 1.67. The number of methoxy groups -OCH3 is 1. The lowest BCUT2D eigenvalue weighted by Gasteiger charge is -2.19. The van der Waals surface area contributed by atoms with E-state index in [2.05, 4.69) is 10.6 Å². The number of amides is 1. The molecule has 0 atom stereocenters. The Morgan fingerprint density at radius 3 is 2.40 bits per heavy atom. The number of benzene rings is 1. The van der Waals surface area contributed by atoms with Crippen molar-refractivity contribution in [2.24, 2.45) is 0 Å². The molecular formula is C15H24N2O3. The summed E-state index contributed by atoms with van der Waals surface area (Å²) in [6.07, 6.45) is -0.403. The molecule has 0 aliphatic carbocycles. The van der Waals surface area contributed by atoms with Crippen LogP contribution >= 0.6 is 0 Å². The summed E-state index contributed by atoms with van der Waals surface area (Å²) in [5.74, 6) is 0. The van der Waals surface area contributed by atoms with Crippen molar-refractivity contribution >= 4 is 11.8 Å². The predicted molar refractivity (Wildman–Crippen MR) is 79.9 cm³/mol. The van der Waals surface area contributed by atoms with E-state index in [9.17, 15) is 4.79 Å². The fraction of sp³-hybridized carbons (Fsp3) is 0.533. The van der Waals surface area contributed by atoms with Crippen LogP contribution in [0.25, 0.3) is 0 Å². The number of rotatable bonds is 6. The summed E-state index contributed by atoms with van der Waals surface area (Å²) in [6, 6.07) is 7.88. The van der Waals surface area contributed by atoms with Gasteiger partial charge in [0.05, 0.1) is 6.61 Å². The normalized spacial score (nSPS) is 11.0. The molecule has 0 saturated heterocycles. The van der Waals surface area contributed by atoms with E-state index in [0.717, 1.165) is 17.8 Å². The zero-order valence-electron chi connectivity index (χ0n) is 12.7. The summed E-state index contributed by atoms with van der Waals surface area (Å²) in [4.78, 5) is 11.5. The van der Waals surface area contributed by atoms with Gasteiger partial charge in [0.2, 0.25) is 0 Å². The summed E-state index contributed by atoms with van der Waals surface area (Å²) in [5, 5.41) is 5.96. The van der Waals surface area contributed by atoms with Gasteiger partial charge < -0.3 is 20.1 Å². The largest absolute Gasteiger partial charge is 0.444 e. The van der Waals surface area contributed by atoms with Gasteiger partial charge in [0.15, 0.2) is 0 Å². The molecule has 0 unspecified atom stereocenters. The molecule has 0 aromatic heterocycles. The van der Waals surface area contributed by atoms with E-state index in [0.29, 0.717) is 13.2 Å². The standard InChI is InChI=1S/C15H24N2O3/c1-15(2,3)20-14(18)17-11-12-5-7-13(8-6-12)16-9-10-19-4/h5-8,16H,9-11H2,1-4H3,(H,17,18). The second-order valence-corrected chi connectivity index (χ2v) is 5.47. The molecule has 1 aromatic carbocycles. The average Bonchev–Trinajstić information content (AvgIpc) is 2.36. The van der Waals surface area contributed by atoms with Crippen molar-refractivity contribution in [2.45, 2.75) is 32.9 Å². The van der Waals surface area contributed by atoms with Crippen molar-refractivity contribution in [3.63, 3.8) is 0 Å². The summed E-state index contributed by atoms with van der Waals surface area (Å²) in [5.41, 5.74) is 1.58. The third-order valence-corrected chi connectivity index (χ3v) is 2.42. The SMILES string of the molecule is COCCNc1ccc(CNC(=O)OC(C)(C)C)cc1. The Balaban J connectivity index is 2.36. The van der Waals surface area contributed by atoms with Gasteiger partial charge in [0.1, 0.15) is 5.60 Å². The van der Waals surface area contributed by atoms with Gasteiger partial charge in [-0.3, -0.25) is 0 Å². The molecule has 0 saturated carbocycles. The lowest BCUT2D eigenvalue weighted by atomic mass is 10.2. The number of hydrogen-bond acceptors (Lipinski definition) is 4. The van der Waals surface area contributed by atoms with Crippen LogP contribution in [-0.4, -0.2) is 32.0 Å². The van der Waals surface area contributed by atoms with E-state index in [1.807, 2.05) is 45.0 Å². The van der Waals surface area contributed by atoms with Gasteiger partial charge in [-0.15, -0.1) is 0 Å². The molecule has 112 valence electrons. The third-order valence-electron chi connectivity index (χ3n) is 2.42. The minimum absolute atomic E-state index is 0.403. The first kappa shape index (κ1) is 16.3. The zero-order chi connectivity index (χ0) is 15.0. The van der Waals surface area contributed by atoms with Crippen LogP contribution in [0, 0.1) is 0 Å². The Hall–Kier alpha value is -1.75. The molecule has 0 radical (unpaired) electrons. The predicted octanol–water partition coefficient (Wildman–Crippen LogP) is 2.77. The van der Waals surface area contributed by atoms with Gasteiger partial charge >= 0.3 is 6.09 Å². The highest BCUT2D eigenvalue weighted by molar-refractivity contribution is 5.67. The van der Waals surface area contributed by atoms with Crippen molar-refractivity contribution in [3.8, 4) is 0 Å². The summed E-state index contributed by atoms with van der Waals surface area (Å²) in [6.45, 7) is 7.41. The maximum atomic E-state index is 11.5. The number of nitrogens with one attached hydrogen (secondary N) is 2. The van der Waals surface area contributed by atoms with Gasteiger partial charge in [-0.1, -0.05) is 12.1 Å². The number of anilines is 1. The summed E-state index contributed by atoms with van der Waals surface area (Å²) >= 11 is 0. The lowest BCUT2D eigenvalue weighted by molar-refractivity contribution is 0.0523. The Kier molecular flexibility index (Phi) is 6.31. The number of ether oxygens (including phenoxy) is 2. The van der Waals surface area contributed by atoms with Gasteiger partial charge in [0, 0.05) is 25.9 Å². The highest BCUT2D eigenvalue weighted by atomic mass is 16.6. The molecule has 0 aliphatic heterocycles. The van der Waals surface area contributed by atoms with Crippen LogP contribution in [0.3, 0.4) is 0 Å². The third kappa shape index (κ3) is 6.99. The van der Waals surface area contributed by atoms with Crippen LogP contribution in [0.1, 0.15) is 26.3 Å². The molecule has 2 N–H and O–H groups in total. The van der Waals surface area contributed by atoms with E-state index < -0.39 is 11.7 Å². The first-order chi connectivity index (χ1) is 9.40. The Morgan fingerprint density at radius 1 is 1.20 bits per heavy atom. The Labute approximate surface area is 120 Å². The molecule has 0 fully saturated rings. The zero-order valence-corrected chi connectivity index (χ0v) is 12.7. The molecule has 1 amide bonds. The maximum absolute atomic E-state index is 11.5. The first-order valence-electron chi connectivity index (χ1n) is 6.69. The van der Waals surface area contributed by atoms with Crippen LogP contribution < -0.4 is 10.6 Å². The highest BCUT2D eigenvalue weighted by Crippen LogP contribution is 2.10. The molecule has 1 aromatic rings. The molecule has 5 nitrogen and oxygen atoms in total. The fourth-order valence-corrected chi connectivity index (χ4v) is 1.53. The van der Waals surface area contributed by atoms with E-state index in [-0.39, 0.29) is 0 Å². The number of alkyl carbamates (subject to hydrolysis) is 1. The number of hydrogen-bond donors (Lipinski definition) is 2. The van der Waals surface area contributed by atoms with Crippen LogP contribution in [-0.2, 0) is 16.0 Å². The molecule has 5 heteroatoms. The van der Waals surface area contributed by atoms with Gasteiger partial charge in [-0.2, -0.15) is 0 Å². The average molecular weight is 280 g/mol. The van der Waals surface area contributed by atoms with Gasteiger partial charge in [-0.25, -0.2) is 4.79 Å². The van der Waals surface area contributed by atoms with Crippen molar-refractivity contribution in [2.75, 3.05) is 25.6 Å². The van der Waals surface area contributed by atoms with Crippen LogP contribution in [0.4, 0.5) is 10.5 Å². The first-order valence-corrected chi connectivity index (χ1v) is 6.69. The van der Waals surface area contributed by atoms with Crippen molar-refractivity contribution in [1.29, 1.82) is 0 Å². The molecule has 0 aliphatic rings. The molecular weight excluding hydrogens is 256 g/mol. The number of carbonyl (C=O) groups is 1. The topological polar surface area (TPSA) is 59.6 Å². The Morgan fingerprint density at radius 2 is 1.85 bits per heavy atom. The second kappa shape index (κ2) is 7.75. The lowest BCUT2D eigenvalue weighted by Crippen LogP contribution is -2.32. The van der Waals surface area contributed by atoms with Gasteiger partial charge in [-0.05, 0) is 38.5 Å². The molecule has 20 heavy (non-hydrogen) atoms.